The maximum absolute atomic E-state index is 10.6. The van der Waals surface area contributed by atoms with Crippen LogP contribution in [0.25, 0.3) is 0 Å². The summed E-state index contributed by atoms with van der Waals surface area (Å²) in [6.45, 7) is 4.42. The summed E-state index contributed by atoms with van der Waals surface area (Å²) < 4.78 is 5.68. The molecule has 1 saturated heterocycles. The number of aliphatic hydroxyl groups is 1. The molecule has 1 aromatic rings. The largest absolute Gasteiger partial charge is 0.408 e. The zero-order valence-electron chi connectivity index (χ0n) is 12.8. The molecule has 1 N–H and O–H groups in total. The second-order valence-electron chi connectivity index (χ2n) is 6.03. The van der Waals surface area contributed by atoms with E-state index in [1.165, 1.54) is 0 Å². The third kappa shape index (κ3) is 3.93. The highest BCUT2D eigenvalue weighted by molar-refractivity contribution is 5.24. The predicted molar refractivity (Wildman–Crippen MR) is 77.9 cm³/mol. The van der Waals surface area contributed by atoms with Crippen LogP contribution in [-0.2, 0) is 6.42 Å². The lowest BCUT2D eigenvalue weighted by Crippen LogP contribution is -2.41. The smallest absolute Gasteiger partial charge is 0.318 e. The van der Waals surface area contributed by atoms with Crippen molar-refractivity contribution in [1.82, 2.24) is 15.1 Å². The van der Waals surface area contributed by atoms with Gasteiger partial charge in [-0.3, -0.25) is 0 Å². The minimum Gasteiger partial charge on any atom is -0.408 e. The Balaban J connectivity index is 1.98. The number of nitrogens with zero attached hydrogens (tertiary/aromatic N) is 4. The first-order chi connectivity index (χ1) is 9.52. The number of hydrogen-bond donors (Lipinski definition) is 1. The van der Waals surface area contributed by atoms with Crippen LogP contribution in [0, 0.1) is 0 Å². The van der Waals surface area contributed by atoms with Crippen molar-refractivity contribution in [1.29, 1.82) is 0 Å². The molecular weight excluding hydrogens is 256 g/mol. The predicted octanol–water partition coefficient (Wildman–Crippen LogP) is 1.31. The van der Waals surface area contributed by atoms with E-state index < -0.39 is 5.60 Å². The van der Waals surface area contributed by atoms with Crippen LogP contribution in [0.2, 0.25) is 0 Å². The van der Waals surface area contributed by atoms with Gasteiger partial charge in [0, 0.05) is 26.1 Å². The van der Waals surface area contributed by atoms with Gasteiger partial charge in [0.05, 0.1) is 5.60 Å². The van der Waals surface area contributed by atoms with Gasteiger partial charge in [-0.25, -0.2) is 0 Å². The number of anilines is 1. The van der Waals surface area contributed by atoms with Crippen LogP contribution in [-0.4, -0.2) is 59.5 Å². The van der Waals surface area contributed by atoms with E-state index in [2.05, 4.69) is 22.0 Å². The molecule has 0 saturated carbocycles. The lowest BCUT2D eigenvalue weighted by molar-refractivity contribution is 0.00534. The van der Waals surface area contributed by atoms with Crippen LogP contribution in [0.3, 0.4) is 0 Å². The molecule has 0 bridgehead atoms. The minimum atomic E-state index is -0.607. The second-order valence-corrected chi connectivity index (χ2v) is 6.03. The Labute approximate surface area is 120 Å². The summed E-state index contributed by atoms with van der Waals surface area (Å²) in [5.41, 5.74) is -0.607. The number of hydrogen-bond acceptors (Lipinski definition) is 6. The van der Waals surface area contributed by atoms with Gasteiger partial charge in [0.1, 0.15) is 0 Å². The Morgan fingerprint density at radius 3 is 2.80 bits per heavy atom. The summed E-state index contributed by atoms with van der Waals surface area (Å²) in [5.74, 6) is 0.704. The summed E-state index contributed by atoms with van der Waals surface area (Å²) in [6, 6.07) is 0.600. The molecule has 6 heteroatoms. The van der Waals surface area contributed by atoms with Crippen molar-refractivity contribution < 1.29 is 9.52 Å². The van der Waals surface area contributed by atoms with E-state index in [0.717, 1.165) is 45.2 Å². The van der Waals surface area contributed by atoms with Crippen molar-refractivity contribution in [3.05, 3.63) is 5.89 Å². The van der Waals surface area contributed by atoms with Gasteiger partial charge < -0.3 is 19.3 Å². The van der Waals surface area contributed by atoms with Crippen molar-refractivity contribution in [2.75, 3.05) is 38.6 Å². The standard InChI is InChI=1S/C14H26N4O2/c1-4-6-12-15-16-13(20-12)18-9-5-7-14(19,8-10-18)11-17(2)3/h19H,4-11H2,1-3H3. The summed E-state index contributed by atoms with van der Waals surface area (Å²) >= 11 is 0. The molecule has 1 unspecified atom stereocenters. The summed E-state index contributed by atoms with van der Waals surface area (Å²) in [5, 5.41) is 18.8. The zero-order chi connectivity index (χ0) is 14.6. The third-order valence-electron chi connectivity index (χ3n) is 3.72. The highest BCUT2D eigenvalue weighted by atomic mass is 16.4. The van der Waals surface area contributed by atoms with Gasteiger partial charge in [-0.15, -0.1) is 5.10 Å². The number of rotatable bonds is 5. The maximum atomic E-state index is 10.6. The second kappa shape index (κ2) is 6.54. The Hall–Kier alpha value is -1.14. The van der Waals surface area contributed by atoms with Crippen molar-refractivity contribution >= 4 is 6.01 Å². The van der Waals surface area contributed by atoms with E-state index in [4.69, 9.17) is 4.42 Å². The van der Waals surface area contributed by atoms with E-state index in [-0.39, 0.29) is 0 Å². The van der Waals surface area contributed by atoms with Gasteiger partial charge in [0.15, 0.2) is 0 Å². The highest BCUT2D eigenvalue weighted by Crippen LogP contribution is 2.25. The summed E-state index contributed by atoms with van der Waals surface area (Å²) in [4.78, 5) is 4.14. The van der Waals surface area contributed by atoms with Crippen LogP contribution in [0.1, 0.15) is 38.5 Å². The molecule has 114 valence electrons. The molecule has 0 amide bonds. The van der Waals surface area contributed by atoms with E-state index in [9.17, 15) is 5.11 Å². The quantitative estimate of drug-likeness (QED) is 0.878. The van der Waals surface area contributed by atoms with Gasteiger partial charge in [-0.1, -0.05) is 12.0 Å². The molecule has 0 aliphatic carbocycles. The van der Waals surface area contributed by atoms with Gasteiger partial charge >= 0.3 is 6.01 Å². The third-order valence-corrected chi connectivity index (χ3v) is 3.72. The fourth-order valence-corrected chi connectivity index (χ4v) is 2.80. The molecule has 0 radical (unpaired) electrons. The fraction of sp³-hybridized carbons (Fsp3) is 0.857. The maximum Gasteiger partial charge on any atom is 0.318 e. The lowest BCUT2D eigenvalue weighted by atomic mass is 9.94. The number of aryl methyl sites for hydroxylation is 1. The molecule has 1 aliphatic heterocycles. The van der Waals surface area contributed by atoms with Crippen LogP contribution >= 0.6 is 0 Å². The zero-order valence-corrected chi connectivity index (χ0v) is 12.8. The summed E-state index contributed by atoms with van der Waals surface area (Å²) in [7, 11) is 3.99. The normalized spacial score (nSPS) is 24.1. The monoisotopic (exact) mass is 282 g/mol. The van der Waals surface area contributed by atoms with Crippen molar-refractivity contribution in [2.24, 2.45) is 0 Å². The number of likely N-dealkylation sites (N-methyl/N-ethyl adjacent to an activating group) is 1. The van der Waals surface area contributed by atoms with Gasteiger partial charge in [-0.2, -0.15) is 0 Å². The SMILES string of the molecule is CCCc1nnc(N2CCCC(O)(CN(C)C)CC2)o1. The summed E-state index contributed by atoms with van der Waals surface area (Å²) in [6.07, 6.45) is 4.32. The van der Waals surface area contributed by atoms with Crippen LogP contribution in [0.15, 0.2) is 4.42 Å². The first-order valence-electron chi connectivity index (χ1n) is 7.47. The molecule has 2 heterocycles. The van der Waals surface area contributed by atoms with Crippen molar-refractivity contribution in [3.63, 3.8) is 0 Å². The van der Waals surface area contributed by atoms with Crippen LogP contribution in [0.4, 0.5) is 6.01 Å². The van der Waals surface area contributed by atoms with Gasteiger partial charge in [0.25, 0.3) is 0 Å². The van der Waals surface area contributed by atoms with E-state index >= 15 is 0 Å². The van der Waals surface area contributed by atoms with Crippen LogP contribution in [0.5, 0.6) is 0 Å². The number of aromatic nitrogens is 2. The molecule has 1 aliphatic rings. The van der Waals surface area contributed by atoms with Crippen molar-refractivity contribution in [3.8, 4) is 0 Å². The molecule has 1 aromatic heterocycles. The first kappa shape index (κ1) is 15.3. The molecule has 0 spiro atoms. The van der Waals surface area contributed by atoms with Crippen molar-refractivity contribution in [2.45, 2.75) is 44.6 Å². The molecule has 0 aromatic carbocycles. The molecule has 6 nitrogen and oxygen atoms in total. The topological polar surface area (TPSA) is 65.6 Å². The lowest BCUT2D eigenvalue weighted by Gasteiger charge is -2.29. The van der Waals surface area contributed by atoms with E-state index in [0.29, 0.717) is 18.5 Å². The Bertz CT molecular complexity index is 421. The molecular formula is C14H26N4O2. The van der Waals surface area contributed by atoms with Crippen LogP contribution < -0.4 is 4.90 Å². The first-order valence-corrected chi connectivity index (χ1v) is 7.47. The fourth-order valence-electron chi connectivity index (χ4n) is 2.80. The van der Waals surface area contributed by atoms with Gasteiger partial charge in [0.2, 0.25) is 5.89 Å². The Morgan fingerprint density at radius 1 is 1.30 bits per heavy atom. The molecule has 20 heavy (non-hydrogen) atoms. The van der Waals surface area contributed by atoms with E-state index in [1.807, 2.05) is 19.0 Å². The minimum absolute atomic E-state index is 0.600. The Morgan fingerprint density at radius 2 is 2.10 bits per heavy atom. The molecule has 2 rings (SSSR count). The van der Waals surface area contributed by atoms with Gasteiger partial charge in [-0.05, 0) is 39.8 Å². The molecule has 1 atom stereocenters. The Kier molecular flexibility index (Phi) is 4.99. The average molecular weight is 282 g/mol. The average Bonchev–Trinajstić information content (AvgIpc) is 2.73. The highest BCUT2D eigenvalue weighted by Gasteiger charge is 2.31. The molecule has 1 fully saturated rings. The van der Waals surface area contributed by atoms with E-state index in [1.54, 1.807) is 0 Å².